The van der Waals surface area contributed by atoms with Crippen molar-refractivity contribution in [2.45, 2.75) is 6.92 Å². The Morgan fingerprint density at radius 3 is 2.30 bits per heavy atom. The summed E-state index contributed by atoms with van der Waals surface area (Å²) in [5, 5.41) is 8.01. The molecule has 44 heavy (non-hydrogen) atoms. The summed E-state index contributed by atoms with van der Waals surface area (Å²) >= 11 is 0. The first-order valence-electron chi connectivity index (χ1n) is 13.7. The van der Waals surface area contributed by atoms with Crippen LogP contribution in [0.2, 0.25) is 0 Å². The van der Waals surface area contributed by atoms with Crippen LogP contribution in [0.15, 0.2) is 56.5 Å². The van der Waals surface area contributed by atoms with E-state index in [2.05, 4.69) is 30.0 Å². The van der Waals surface area contributed by atoms with Crippen molar-refractivity contribution in [3.05, 3.63) is 62.9 Å². The molecule has 236 valence electrons. The number of carbonyl (C=O) groups is 1. The van der Waals surface area contributed by atoms with Gasteiger partial charge in [-0.3, -0.25) is 18.6 Å². The van der Waals surface area contributed by atoms with Crippen LogP contribution in [-0.4, -0.2) is 76.1 Å². The molecule has 15 nitrogen and oxygen atoms in total. The number of fused-ring (bicyclic) bond motifs is 1. The Balaban J connectivity index is 1.18. The highest BCUT2D eigenvalue weighted by Crippen LogP contribution is 2.42. The van der Waals surface area contributed by atoms with Gasteiger partial charge in [-0.25, -0.2) is 14.3 Å². The third-order valence-electron chi connectivity index (χ3n) is 6.13. The van der Waals surface area contributed by atoms with Crippen LogP contribution in [-0.2, 0) is 18.3 Å². The van der Waals surface area contributed by atoms with Crippen molar-refractivity contribution < 1.29 is 37.2 Å². The first-order valence-corrected chi connectivity index (χ1v) is 15.2. The fourth-order valence-corrected chi connectivity index (χ4v) is 4.70. The van der Waals surface area contributed by atoms with Crippen LogP contribution < -0.4 is 36.4 Å². The molecule has 0 saturated carbocycles. The number of anilines is 3. The summed E-state index contributed by atoms with van der Waals surface area (Å²) in [6.45, 7) is 1.58. The monoisotopic (exact) mass is 631 g/mol. The van der Waals surface area contributed by atoms with Crippen molar-refractivity contribution in [3.8, 4) is 17.2 Å². The van der Waals surface area contributed by atoms with E-state index in [1.807, 2.05) is 43.3 Å². The lowest BCUT2D eigenvalue weighted by Crippen LogP contribution is -2.38. The summed E-state index contributed by atoms with van der Waals surface area (Å²) in [6, 6.07) is 13.2. The standard InChI is InChI=1S/C28H34N5O10P/c1-4-41-44(37,38)42-16-13-31-28(36)40-15-12-30-24-23(25(34)26(24)35)29-11-14-39-20-9-10-21-22(17-20)43-27(32-21)18-5-7-19(8-6-18)33(2)3/h5-10,17,29-30H,4,11-16H2,1-3H3,(H,31,36)(H,37,38). The highest BCUT2D eigenvalue weighted by molar-refractivity contribution is 7.47. The summed E-state index contributed by atoms with van der Waals surface area (Å²) < 4.78 is 37.2. The number of phosphoric ester groups is 1. The highest BCUT2D eigenvalue weighted by Gasteiger charge is 2.21. The Kier molecular flexibility index (Phi) is 11.0. The SMILES string of the molecule is CCOP(=O)(O)OCCNC(=O)OCCNc1c(NCCOc2ccc3nc(-c4ccc(N(C)C)cc4)oc3c2)c(=O)c1=O. The van der Waals surface area contributed by atoms with Gasteiger partial charge in [0.15, 0.2) is 5.58 Å². The highest BCUT2D eigenvalue weighted by atomic mass is 31.2. The Bertz CT molecular complexity index is 1680. The number of carbonyl (C=O) groups excluding carboxylic acids is 1. The molecule has 1 amide bonds. The van der Waals surface area contributed by atoms with Gasteiger partial charge in [-0.05, 0) is 43.3 Å². The normalized spacial score (nSPS) is 12.5. The lowest BCUT2D eigenvalue weighted by atomic mass is 10.2. The van der Waals surface area contributed by atoms with E-state index in [4.69, 9.17) is 13.9 Å². The zero-order valence-corrected chi connectivity index (χ0v) is 25.3. The van der Waals surface area contributed by atoms with Crippen LogP contribution in [0, 0.1) is 0 Å². The molecule has 1 unspecified atom stereocenters. The summed E-state index contributed by atoms with van der Waals surface area (Å²) in [4.78, 5) is 51.6. The van der Waals surface area contributed by atoms with Crippen LogP contribution in [0.4, 0.5) is 21.9 Å². The maximum atomic E-state index is 12.0. The Hall–Kier alpha value is -4.43. The van der Waals surface area contributed by atoms with Gasteiger partial charge in [0.25, 0.3) is 10.9 Å². The first kappa shape index (κ1) is 32.5. The third kappa shape index (κ3) is 8.57. The van der Waals surface area contributed by atoms with E-state index >= 15 is 0 Å². The van der Waals surface area contributed by atoms with Gasteiger partial charge in [-0.15, -0.1) is 0 Å². The number of alkyl carbamates (subject to hydrolysis) is 1. The minimum Gasteiger partial charge on any atom is -0.492 e. The van der Waals surface area contributed by atoms with Crippen LogP contribution in [0.25, 0.3) is 22.6 Å². The number of amides is 1. The number of phosphoric acid groups is 1. The Labute approximate surface area is 252 Å². The smallest absolute Gasteiger partial charge is 0.472 e. The number of rotatable bonds is 17. The number of hydrogen-bond donors (Lipinski definition) is 4. The van der Waals surface area contributed by atoms with E-state index in [0.717, 1.165) is 11.3 Å². The van der Waals surface area contributed by atoms with Crippen LogP contribution >= 0.6 is 7.82 Å². The molecule has 3 aromatic carbocycles. The van der Waals surface area contributed by atoms with E-state index in [0.29, 0.717) is 22.7 Å². The van der Waals surface area contributed by atoms with E-state index in [1.165, 1.54) is 6.92 Å². The Morgan fingerprint density at radius 2 is 1.64 bits per heavy atom. The zero-order valence-electron chi connectivity index (χ0n) is 24.5. The van der Waals surface area contributed by atoms with E-state index in [1.54, 1.807) is 18.2 Å². The lowest BCUT2D eigenvalue weighted by Gasteiger charge is -2.15. The summed E-state index contributed by atoms with van der Waals surface area (Å²) in [5.74, 6) is 1.05. The van der Waals surface area contributed by atoms with Gasteiger partial charge in [0, 0.05) is 51.0 Å². The van der Waals surface area contributed by atoms with Gasteiger partial charge in [0.1, 0.15) is 35.9 Å². The fraction of sp³-hybridized carbons (Fsp3) is 0.357. The second kappa shape index (κ2) is 14.8. The van der Waals surface area contributed by atoms with Gasteiger partial charge < -0.3 is 39.6 Å². The van der Waals surface area contributed by atoms with E-state index < -0.39 is 24.8 Å². The Morgan fingerprint density at radius 1 is 0.955 bits per heavy atom. The van der Waals surface area contributed by atoms with Gasteiger partial charge in [-0.2, -0.15) is 0 Å². The van der Waals surface area contributed by atoms with Crippen LogP contribution in [0.3, 0.4) is 0 Å². The van der Waals surface area contributed by atoms with E-state index in [-0.39, 0.29) is 57.4 Å². The summed E-state index contributed by atoms with van der Waals surface area (Å²) in [6.07, 6.45) is -0.793. The number of benzene rings is 2. The molecule has 1 heterocycles. The lowest BCUT2D eigenvalue weighted by molar-refractivity contribution is 0.138. The zero-order chi connectivity index (χ0) is 31.7. The molecule has 4 aromatic rings. The predicted octanol–water partition coefficient (Wildman–Crippen LogP) is 2.94. The average molecular weight is 632 g/mol. The molecular weight excluding hydrogens is 597 g/mol. The predicted molar refractivity (Wildman–Crippen MR) is 164 cm³/mol. The van der Waals surface area contributed by atoms with Gasteiger partial charge in [0.05, 0.1) is 13.2 Å². The largest absolute Gasteiger partial charge is 0.492 e. The molecule has 0 aliphatic rings. The molecule has 0 saturated heterocycles. The molecule has 0 radical (unpaired) electrons. The number of nitrogens with zero attached hydrogens (tertiary/aromatic N) is 2. The second-order valence-corrected chi connectivity index (χ2v) is 10.9. The maximum Gasteiger partial charge on any atom is 0.472 e. The van der Waals surface area contributed by atoms with Crippen LogP contribution in [0.5, 0.6) is 5.75 Å². The van der Waals surface area contributed by atoms with Crippen molar-refractivity contribution in [1.29, 1.82) is 0 Å². The molecule has 1 aromatic heterocycles. The minimum atomic E-state index is -4.14. The van der Waals surface area contributed by atoms with Crippen molar-refractivity contribution in [1.82, 2.24) is 10.3 Å². The minimum absolute atomic E-state index is 0.00211. The third-order valence-corrected chi connectivity index (χ3v) is 7.22. The maximum absolute atomic E-state index is 12.0. The quantitative estimate of drug-likeness (QED) is 0.0755. The average Bonchev–Trinajstić information content (AvgIpc) is 3.43. The number of aromatic nitrogens is 1. The topological polar surface area (TPSA) is 191 Å². The molecule has 0 spiro atoms. The molecule has 4 N–H and O–H groups in total. The van der Waals surface area contributed by atoms with Gasteiger partial charge in [-0.1, -0.05) is 0 Å². The number of nitrogens with one attached hydrogen (secondary N) is 3. The number of ether oxygens (including phenoxy) is 2. The fourth-order valence-electron chi connectivity index (χ4n) is 3.98. The summed E-state index contributed by atoms with van der Waals surface area (Å²) in [7, 11) is -0.200. The molecule has 0 fully saturated rings. The number of hydrogen-bond acceptors (Lipinski definition) is 13. The summed E-state index contributed by atoms with van der Waals surface area (Å²) in [5.41, 5.74) is 2.05. The molecule has 0 bridgehead atoms. The molecule has 0 aliphatic heterocycles. The molecule has 1 atom stereocenters. The van der Waals surface area contributed by atoms with Crippen molar-refractivity contribution >= 4 is 42.1 Å². The molecule has 0 aliphatic carbocycles. The molecular formula is C28H34N5O10P. The van der Waals surface area contributed by atoms with Gasteiger partial charge >= 0.3 is 13.9 Å². The van der Waals surface area contributed by atoms with Crippen LogP contribution in [0.1, 0.15) is 6.92 Å². The second-order valence-electron chi connectivity index (χ2n) is 9.48. The van der Waals surface area contributed by atoms with Crippen molar-refractivity contribution in [3.63, 3.8) is 0 Å². The van der Waals surface area contributed by atoms with E-state index in [9.17, 15) is 23.8 Å². The van der Waals surface area contributed by atoms with Crippen molar-refractivity contribution in [2.75, 3.05) is 75.7 Å². The van der Waals surface area contributed by atoms with Crippen molar-refractivity contribution in [2.24, 2.45) is 0 Å². The molecule has 4 rings (SSSR count). The van der Waals surface area contributed by atoms with Gasteiger partial charge in [0.2, 0.25) is 5.89 Å². The first-order chi connectivity index (χ1) is 21.1. The number of oxazole rings is 1. The molecule has 16 heteroatoms.